The average Bonchev–Trinajstić information content (AvgIpc) is 3.15. The summed E-state index contributed by atoms with van der Waals surface area (Å²) in [5.74, 6) is -0.162. The number of aryl methyl sites for hydroxylation is 1. The second kappa shape index (κ2) is 7.80. The molecule has 1 aliphatic heterocycles. The summed E-state index contributed by atoms with van der Waals surface area (Å²) in [7, 11) is 0. The molecule has 0 bridgehead atoms. The number of amides is 1. The predicted molar refractivity (Wildman–Crippen MR) is 114 cm³/mol. The quantitative estimate of drug-likeness (QED) is 0.496. The Kier molecular flexibility index (Phi) is 4.92. The fourth-order valence-corrected chi connectivity index (χ4v) is 4.01. The highest BCUT2D eigenvalue weighted by molar-refractivity contribution is 5.95. The second-order valence-electron chi connectivity index (χ2n) is 7.69. The molecule has 0 saturated carbocycles. The summed E-state index contributed by atoms with van der Waals surface area (Å²) >= 11 is 0. The van der Waals surface area contributed by atoms with Crippen LogP contribution in [0.5, 0.6) is 0 Å². The van der Waals surface area contributed by atoms with Crippen LogP contribution in [0.25, 0.3) is 17.2 Å². The fourth-order valence-electron chi connectivity index (χ4n) is 4.01. The van der Waals surface area contributed by atoms with E-state index in [4.69, 9.17) is 0 Å². The lowest BCUT2D eigenvalue weighted by Crippen LogP contribution is -2.25. The summed E-state index contributed by atoms with van der Waals surface area (Å²) in [4.78, 5) is 17.1. The van der Waals surface area contributed by atoms with Gasteiger partial charge in [0.15, 0.2) is 0 Å². The number of nitrogens with zero attached hydrogens (tertiary/aromatic N) is 5. The van der Waals surface area contributed by atoms with E-state index in [1.807, 2.05) is 30.3 Å². The van der Waals surface area contributed by atoms with Gasteiger partial charge in [-0.15, -0.1) is 5.10 Å². The van der Waals surface area contributed by atoms with Crippen LogP contribution in [0.2, 0.25) is 0 Å². The molecular formula is C23H17F3N6O. The number of fused-ring (bicyclic) bond motifs is 1. The Hall–Kier alpha value is -4.08. The number of halogens is 3. The molecule has 2 aromatic carbocycles. The summed E-state index contributed by atoms with van der Waals surface area (Å²) in [5.41, 5.74) is 2.61. The third-order valence-corrected chi connectivity index (χ3v) is 5.55. The van der Waals surface area contributed by atoms with Gasteiger partial charge in [0.05, 0.1) is 23.1 Å². The molecule has 5 rings (SSSR count). The van der Waals surface area contributed by atoms with Crippen LogP contribution in [0, 0.1) is 6.92 Å². The fraction of sp³-hybridized carbons (Fsp3) is 0.174. The molecule has 0 radical (unpaired) electrons. The van der Waals surface area contributed by atoms with Crippen LogP contribution >= 0.6 is 0 Å². The first-order chi connectivity index (χ1) is 15.8. The van der Waals surface area contributed by atoms with E-state index in [1.165, 1.54) is 23.0 Å². The van der Waals surface area contributed by atoms with Gasteiger partial charge in [0.25, 0.3) is 5.95 Å². The van der Waals surface area contributed by atoms with Gasteiger partial charge in [0, 0.05) is 23.5 Å². The molecule has 33 heavy (non-hydrogen) atoms. The molecule has 1 atom stereocenters. The lowest BCUT2D eigenvalue weighted by Gasteiger charge is -2.24. The lowest BCUT2D eigenvalue weighted by atomic mass is 9.85. The van der Waals surface area contributed by atoms with Crippen LogP contribution in [0.1, 0.15) is 34.7 Å². The maximum absolute atomic E-state index is 13.0. The van der Waals surface area contributed by atoms with Gasteiger partial charge in [0.2, 0.25) is 5.91 Å². The molecule has 0 saturated heterocycles. The summed E-state index contributed by atoms with van der Waals surface area (Å²) in [6, 6.07) is 14.3. The van der Waals surface area contributed by atoms with Crippen molar-refractivity contribution in [3.05, 3.63) is 83.2 Å². The van der Waals surface area contributed by atoms with Gasteiger partial charge in [0.1, 0.15) is 5.82 Å². The van der Waals surface area contributed by atoms with Crippen LogP contribution in [0.15, 0.2) is 60.8 Å². The maximum Gasteiger partial charge on any atom is 0.416 e. The number of benzene rings is 2. The largest absolute Gasteiger partial charge is 0.416 e. The van der Waals surface area contributed by atoms with Gasteiger partial charge < -0.3 is 5.32 Å². The number of anilines is 1. The Bertz CT molecular complexity index is 1330. The van der Waals surface area contributed by atoms with Crippen molar-refractivity contribution in [2.75, 3.05) is 5.32 Å². The highest BCUT2D eigenvalue weighted by atomic mass is 19.4. The van der Waals surface area contributed by atoms with Gasteiger partial charge in [-0.3, -0.25) is 4.79 Å². The smallest absolute Gasteiger partial charge is 0.310 e. The van der Waals surface area contributed by atoms with Gasteiger partial charge in [-0.1, -0.05) is 42.5 Å². The van der Waals surface area contributed by atoms with Crippen molar-refractivity contribution in [3.8, 4) is 17.2 Å². The molecule has 10 heteroatoms. The highest BCUT2D eigenvalue weighted by Gasteiger charge is 2.35. The molecule has 1 unspecified atom stereocenters. The normalized spacial score (nSPS) is 15.8. The topological polar surface area (TPSA) is 85.6 Å². The summed E-state index contributed by atoms with van der Waals surface area (Å²) < 4.78 is 40.3. The molecule has 1 aliphatic rings. The van der Waals surface area contributed by atoms with E-state index in [-0.39, 0.29) is 18.3 Å². The van der Waals surface area contributed by atoms with E-state index >= 15 is 0 Å². The molecule has 2 aromatic heterocycles. The second-order valence-corrected chi connectivity index (χ2v) is 7.69. The van der Waals surface area contributed by atoms with Crippen LogP contribution in [-0.2, 0) is 11.0 Å². The Morgan fingerprint density at radius 2 is 1.79 bits per heavy atom. The van der Waals surface area contributed by atoms with E-state index in [1.54, 1.807) is 6.92 Å². The van der Waals surface area contributed by atoms with Crippen LogP contribution in [0.4, 0.5) is 19.0 Å². The van der Waals surface area contributed by atoms with E-state index < -0.39 is 17.7 Å². The van der Waals surface area contributed by atoms with Crippen LogP contribution < -0.4 is 5.32 Å². The van der Waals surface area contributed by atoms with E-state index in [9.17, 15) is 18.0 Å². The summed E-state index contributed by atoms with van der Waals surface area (Å²) in [5, 5.41) is 15.5. The van der Waals surface area contributed by atoms with Gasteiger partial charge in [-0.2, -0.15) is 28.1 Å². The number of carbonyl (C=O) groups excluding carboxylic acids is 1. The first-order valence-corrected chi connectivity index (χ1v) is 10.1. The molecular weight excluding hydrogens is 433 g/mol. The van der Waals surface area contributed by atoms with Gasteiger partial charge >= 0.3 is 6.18 Å². The molecule has 1 amide bonds. The van der Waals surface area contributed by atoms with Crippen molar-refractivity contribution < 1.29 is 18.0 Å². The number of aromatic nitrogens is 5. The number of hydrogen-bond acceptors (Lipinski definition) is 5. The monoisotopic (exact) mass is 450 g/mol. The maximum atomic E-state index is 13.0. The van der Waals surface area contributed by atoms with Crippen molar-refractivity contribution >= 4 is 11.7 Å². The molecule has 0 spiro atoms. The molecule has 1 N–H and O–H groups in total. The van der Waals surface area contributed by atoms with Crippen molar-refractivity contribution in [1.29, 1.82) is 0 Å². The van der Waals surface area contributed by atoms with Gasteiger partial charge in [-0.05, 0) is 24.6 Å². The SMILES string of the molecule is Cc1nn(-c2nncc(-c3ccccc3)n2)c2c1C(c1ccc(C(F)(F)F)cc1)CC(=O)N2. The zero-order chi connectivity index (χ0) is 23.2. The molecule has 166 valence electrons. The van der Waals surface area contributed by atoms with Gasteiger partial charge in [-0.25, -0.2) is 4.98 Å². The molecule has 3 heterocycles. The van der Waals surface area contributed by atoms with Crippen molar-refractivity contribution in [2.45, 2.75) is 25.4 Å². The van der Waals surface area contributed by atoms with Crippen LogP contribution in [0.3, 0.4) is 0 Å². The zero-order valence-corrected chi connectivity index (χ0v) is 17.3. The Morgan fingerprint density at radius 3 is 2.48 bits per heavy atom. The highest BCUT2D eigenvalue weighted by Crippen LogP contribution is 2.40. The minimum Gasteiger partial charge on any atom is -0.310 e. The molecule has 4 aromatic rings. The number of rotatable bonds is 3. The average molecular weight is 450 g/mol. The van der Waals surface area contributed by atoms with Crippen molar-refractivity contribution in [1.82, 2.24) is 25.0 Å². The van der Waals surface area contributed by atoms with E-state index in [0.29, 0.717) is 28.3 Å². The van der Waals surface area contributed by atoms with Crippen molar-refractivity contribution in [2.24, 2.45) is 0 Å². The molecule has 0 fully saturated rings. The predicted octanol–water partition coefficient (Wildman–Crippen LogP) is 4.53. The standard InChI is InChI=1S/C23H17F3N6O/c1-13-20-17(14-7-9-16(10-8-14)23(24,25)26)11-19(33)29-21(20)32(31-13)22-28-18(12-27-30-22)15-5-3-2-4-6-15/h2-10,12,17H,11H2,1H3,(H,29,33). The number of nitrogens with one attached hydrogen (secondary N) is 1. The van der Waals surface area contributed by atoms with E-state index in [0.717, 1.165) is 17.7 Å². The van der Waals surface area contributed by atoms with E-state index in [2.05, 4.69) is 25.6 Å². The first-order valence-electron chi connectivity index (χ1n) is 10.1. The van der Waals surface area contributed by atoms with Crippen LogP contribution in [-0.4, -0.2) is 30.9 Å². The molecule has 0 aliphatic carbocycles. The zero-order valence-electron chi connectivity index (χ0n) is 17.3. The minimum atomic E-state index is -4.43. The first kappa shape index (κ1) is 20.8. The molecule has 7 nitrogen and oxygen atoms in total. The minimum absolute atomic E-state index is 0.0913. The third-order valence-electron chi connectivity index (χ3n) is 5.55. The number of hydrogen-bond donors (Lipinski definition) is 1. The number of alkyl halides is 3. The number of carbonyl (C=O) groups is 1. The lowest BCUT2D eigenvalue weighted by molar-refractivity contribution is -0.137. The summed E-state index contributed by atoms with van der Waals surface area (Å²) in [6.07, 6.45) is -2.80. The Balaban J connectivity index is 1.58. The Morgan fingerprint density at radius 1 is 1.06 bits per heavy atom. The Labute approximate surface area is 186 Å². The van der Waals surface area contributed by atoms with Crippen molar-refractivity contribution in [3.63, 3.8) is 0 Å². The third kappa shape index (κ3) is 3.84. The summed E-state index contributed by atoms with van der Waals surface area (Å²) in [6.45, 7) is 1.78.